The van der Waals surface area contributed by atoms with Crippen LogP contribution in [0.5, 0.6) is 0 Å². The molecule has 0 unspecified atom stereocenters. The number of rotatable bonds is 4. The summed E-state index contributed by atoms with van der Waals surface area (Å²) in [6, 6.07) is 4.26. The molecule has 7 heteroatoms. The maximum atomic E-state index is 12.1. The highest BCUT2D eigenvalue weighted by Gasteiger charge is 2.16. The fourth-order valence-corrected chi connectivity index (χ4v) is 3.55. The molecule has 4 nitrogen and oxygen atoms in total. The van der Waals surface area contributed by atoms with E-state index in [1.165, 1.54) is 18.2 Å². The van der Waals surface area contributed by atoms with Gasteiger partial charge >= 0.3 is 0 Å². The molecule has 0 saturated carbocycles. The van der Waals surface area contributed by atoms with E-state index in [2.05, 4.69) is 10.0 Å². The summed E-state index contributed by atoms with van der Waals surface area (Å²) < 4.78 is 26.8. The van der Waals surface area contributed by atoms with Gasteiger partial charge in [0.2, 0.25) is 10.0 Å². The lowest BCUT2D eigenvalue weighted by Gasteiger charge is -2.15. The Morgan fingerprint density at radius 3 is 2.47 bits per heavy atom. The summed E-state index contributed by atoms with van der Waals surface area (Å²) in [5.41, 5.74) is 1.08. The van der Waals surface area contributed by atoms with E-state index in [1.54, 1.807) is 0 Å². The maximum Gasteiger partial charge on any atom is 0.240 e. The van der Waals surface area contributed by atoms with Crippen LogP contribution in [0, 0.1) is 0 Å². The van der Waals surface area contributed by atoms with Crippen LogP contribution in [0.15, 0.2) is 34.7 Å². The Morgan fingerprint density at radius 1 is 1.21 bits per heavy atom. The number of nitrogens with one attached hydrogen (secondary N) is 2. The highest BCUT2D eigenvalue weighted by atomic mass is 35.5. The van der Waals surface area contributed by atoms with E-state index in [1.807, 2.05) is 6.08 Å². The summed E-state index contributed by atoms with van der Waals surface area (Å²) in [5.74, 6) is 0. The van der Waals surface area contributed by atoms with Gasteiger partial charge in [0.1, 0.15) is 0 Å². The highest BCUT2D eigenvalue weighted by Crippen LogP contribution is 2.22. The molecule has 0 aliphatic carbocycles. The molecule has 1 aromatic carbocycles. The monoisotopic (exact) mass is 320 g/mol. The van der Waals surface area contributed by atoms with Gasteiger partial charge in [-0.05, 0) is 31.2 Å². The first-order valence-corrected chi connectivity index (χ1v) is 8.06. The quantitative estimate of drug-likeness (QED) is 0.836. The second-order valence-electron chi connectivity index (χ2n) is 4.25. The predicted molar refractivity (Wildman–Crippen MR) is 77.2 cm³/mol. The molecule has 0 bridgehead atoms. The fraction of sp³-hybridized carbons (Fsp3) is 0.333. The molecule has 0 radical (unpaired) electrons. The van der Waals surface area contributed by atoms with Gasteiger partial charge in [0, 0.05) is 23.1 Å². The Labute approximate surface area is 122 Å². The van der Waals surface area contributed by atoms with Crippen LogP contribution in [0.3, 0.4) is 0 Å². The molecule has 1 aromatic rings. The van der Waals surface area contributed by atoms with Crippen LogP contribution < -0.4 is 10.0 Å². The Balaban J connectivity index is 2.11. The van der Waals surface area contributed by atoms with Gasteiger partial charge in [-0.2, -0.15) is 0 Å². The average Bonchev–Trinajstić information content (AvgIpc) is 2.37. The second-order valence-corrected chi connectivity index (χ2v) is 6.89. The molecule has 1 aliphatic heterocycles. The zero-order valence-corrected chi connectivity index (χ0v) is 12.4. The minimum absolute atomic E-state index is 0.0829. The van der Waals surface area contributed by atoms with Crippen LogP contribution in [0.2, 0.25) is 10.0 Å². The van der Waals surface area contributed by atoms with Gasteiger partial charge in [-0.3, -0.25) is 0 Å². The fourth-order valence-electron chi connectivity index (χ4n) is 1.78. The summed E-state index contributed by atoms with van der Waals surface area (Å²) in [5, 5.41) is 3.77. The Bertz CT molecular complexity index is 579. The third kappa shape index (κ3) is 4.19. The molecule has 0 amide bonds. The number of benzene rings is 1. The molecule has 0 aromatic heterocycles. The topological polar surface area (TPSA) is 58.2 Å². The Hall–Kier alpha value is -0.590. The van der Waals surface area contributed by atoms with Crippen LogP contribution in [-0.2, 0) is 10.0 Å². The van der Waals surface area contributed by atoms with Crippen LogP contribution >= 0.6 is 23.2 Å². The molecule has 2 rings (SSSR count). The molecular weight excluding hydrogens is 307 g/mol. The lowest BCUT2D eigenvalue weighted by molar-refractivity contribution is 0.582. The van der Waals surface area contributed by atoms with Gasteiger partial charge in [0.25, 0.3) is 0 Å². The summed E-state index contributed by atoms with van der Waals surface area (Å²) >= 11 is 11.6. The Kier molecular flexibility index (Phi) is 4.86. The van der Waals surface area contributed by atoms with Crippen LogP contribution in [-0.4, -0.2) is 28.1 Å². The van der Waals surface area contributed by atoms with E-state index < -0.39 is 10.0 Å². The third-order valence-corrected chi connectivity index (χ3v) is 4.61. The molecule has 0 saturated heterocycles. The molecule has 1 aliphatic rings. The van der Waals surface area contributed by atoms with Gasteiger partial charge in [-0.15, -0.1) is 0 Å². The first kappa shape index (κ1) is 14.8. The van der Waals surface area contributed by atoms with Gasteiger partial charge in [-0.25, -0.2) is 13.1 Å². The van der Waals surface area contributed by atoms with Crippen molar-refractivity contribution in [1.29, 1.82) is 0 Å². The van der Waals surface area contributed by atoms with E-state index in [4.69, 9.17) is 23.2 Å². The standard InChI is InChI=1S/C12H14Cl2N2O2S/c13-10-5-11(14)7-12(6-10)19(17,18)16-8-9-1-3-15-4-2-9/h1,5-7,15-16H,2-4,8H2. The SMILES string of the molecule is O=S(=O)(NCC1=CCNCC1)c1cc(Cl)cc(Cl)c1. The van der Waals surface area contributed by atoms with E-state index in [0.717, 1.165) is 25.1 Å². The average molecular weight is 321 g/mol. The molecule has 1 heterocycles. The molecule has 0 fully saturated rings. The minimum atomic E-state index is -3.58. The third-order valence-electron chi connectivity index (χ3n) is 2.79. The normalized spacial score (nSPS) is 16.2. The van der Waals surface area contributed by atoms with Crippen molar-refractivity contribution in [3.8, 4) is 0 Å². The molecule has 0 spiro atoms. The van der Waals surface area contributed by atoms with Gasteiger partial charge in [0.15, 0.2) is 0 Å². The zero-order chi connectivity index (χ0) is 13.9. The van der Waals surface area contributed by atoms with Gasteiger partial charge in [0.05, 0.1) is 4.90 Å². The maximum absolute atomic E-state index is 12.1. The number of hydrogen-bond donors (Lipinski definition) is 2. The van der Waals surface area contributed by atoms with Crippen LogP contribution in [0.1, 0.15) is 6.42 Å². The van der Waals surface area contributed by atoms with Crippen molar-refractivity contribution < 1.29 is 8.42 Å². The first-order valence-electron chi connectivity index (χ1n) is 5.82. The molecule has 0 atom stereocenters. The number of hydrogen-bond acceptors (Lipinski definition) is 3. The molecular formula is C12H14Cl2N2O2S. The molecule has 2 N–H and O–H groups in total. The van der Waals surface area contributed by atoms with Crippen molar-refractivity contribution in [1.82, 2.24) is 10.0 Å². The minimum Gasteiger partial charge on any atom is -0.313 e. The summed E-state index contributed by atoms with van der Waals surface area (Å²) in [4.78, 5) is 0.0829. The summed E-state index contributed by atoms with van der Waals surface area (Å²) in [6.45, 7) is 1.96. The van der Waals surface area contributed by atoms with Gasteiger partial charge in [-0.1, -0.05) is 34.9 Å². The van der Waals surface area contributed by atoms with E-state index in [9.17, 15) is 8.42 Å². The van der Waals surface area contributed by atoms with Crippen molar-refractivity contribution in [2.75, 3.05) is 19.6 Å². The van der Waals surface area contributed by atoms with Crippen LogP contribution in [0.25, 0.3) is 0 Å². The predicted octanol–water partition coefficient (Wildman–Crippen LogP) is 2.19. The second kappa shape index (κ2) is 6.24. The zero-order valence-electron chi connectivity index (χ0n) is 10.1. The largest absolute Gasteiger partial charge is 0.313 e. The molecule has 19 heavy (non-hydrogen) atoms. The lowest BCUT2D eigenvalue weighted by atomic mass is 10.1. The van der Waals surface area contributed by atoms with Crippen LogP contribution in [0.4, 0.5) is 0 Å². The summed E-state index contributed by atoms with van der Waals surface area (Å²) in [7, 11) is -3.58. The summed E-state index contributed by atoms with van der Waals surface area (Å²) in [6.07, 6.45) is 2.84. The number of halogens is 2. The smallest absolute Gasteiger partial charge is 0.240 e. The molecule has 104 valence electrons. The number of sulfonamides is 1. The lowest BCUT2D eigenvalue weighted by Crippen LogP contribution is -2.29. The van der Waals surface area contributed by atoms with Crippen molar-refractivity contribution in [3.05, 3.63) is 39.9 Å². The van der Waals surface area contributed by atoms with E-state index >= 15 is 0 Å². The van der Waals surface area contributed by atoms with Gasteiger partial charge < -0.3 is 5.32 Å². The first-order chi connectivity index (χ1) is 8.97. The van der Waals surface area contributed by atoms with E-state index in [0.29, 0.717) is 16.6 Å². The Morgan fingerprint density at radius 2 is 1.89 bits per heavy atom. The van der Waals surface area contributed by atoms with Crippen molar-refractivity contribution >= 4 is 33.2 Å². The van der Waals surface area contributed by atoms with E-state index in [-0.39, 0.29) is 4.90 Å². The van der Waals surface area contributed by atoms with Crippen molar-refractivity contribution in [2.24, 2.45) is 0 Å². The highest BCUT2D eigenvalue weighted by molar-refractivity contribution is 7.89. The van der Waals surface area contributed by atoms with Crippen molar-refractivity contribution in [3.63, 3.8) is 0 Å². The van der Waals surface area contributed by atoms with Crippen molar-refractivity contribution in [2.45, 2.75) is 11.3 Å².